The fourth-order valence-electron chi connectivity index (χ4n) is 3.91. The number of piperazine rings is 1. The molecule has 0 aromatic heterocycles. The molecule has 0 bridgehead atoms. The molecule has 1 N–H and O–H groups in total. The second-order valence-electron chi connectivity index (χ2n) is 8.29. The lowest BCUT2D eigenvalue weighted by molar-refractivity contribution is -0.134. The van der Waals surface area contributed by atoms with E-state index in [-0.39, 0.29) is 29.4 Å². The van der Waals surface area contributed by atoms with Crippen LogP contribution in [0.15, 0.2) is 47.4 Å². The van der Waals surface area contributed by atoms with E-state index in [4.69, 9.17) is 9.47 Å². The fourth-order valence-corrected chi connectivity index (χ4v) is 4.76. The highest BCUT2D eigenvalue weighted by Gasteiger charge is 2.35. The quantitative estimate of drug-likeness (QED) is 0.581. The number of nitrogens with one attached hydrogen (secondary N) is 1. The van der Waals surface area contributed by atoms with Crippen molar-refractivity contribution in [3.05, 3.63) is 48.0 Å². The molecule has 1 aliphatic carbocycles. The van der Waals surface area contributed by atoms with Crippen LogP contribution in [-0.4, -0.2) is 73.7 Å². The Kier molecular flexibility index (Phi) is 7.62. The molecular weight excluding hydrogens is 454 g/mol. The van der Waals surface area contributed by atoms with Gasteiger partial charge in [0, 0.05) is 48.7 Å². The SMILES string of the molecule is COc1ccc(NC(=O)CSc2ccccc2C(=O)N2CCN(C(=O)C3CC3)CC2)cc1OC. The van der Waals surface area contributed by atoms with Gasteiger partial charge in [0.15, 0.2) is 11.5 Å². The van der Waals surface area contributed by atoms with Crippen molar-refractivity contribution in [1.29, 1.82) is 0 Å². The number of carbonyl (C=O) groups excluding carboxylic acids is 3. The van der Waals surface area contributed by atoms with Gasteiger partial charge in [0.1, 0.15) is 0 Å². The number of hydrogen-bond acceptors (Lipinski definition) is 6. The van der Waals surface area contributed by atoms with E-state index in [1.165, 1.54) is 18.9 Å². The van der Waals surface area contributed by atoms with E-state index in [1.54, 1.807) is 36.3 Å². The monoisotopic (exact) mass is 483 g/mol. The summed E-state index contributed by atoms with van der Waals surface area (Å²) in [6.07, 6.45) is 1.98. The zero-order valence-corrected chi connectivity index (χ0v) is 20.2. The molecule has 1 aliphatic heterocycles. The van der Waals surface area contributed by atoms with Gasteiger partial charge < -0.3 is 24.6 Å². The Labute approximate surface area is 203 Å². The molecule has 34 heavy (non-hydrogen) atoms. The summed E-state index contributed by atoms with van der Waals surface area (Å²) in [5.74, 6) is 1.44. The molecule has 9 heteroatoms. The largest absolute Gasteiger partial charge is 0.493 e. The van der Waals surface area contributed by atoms with Crippen molar-refractivity contribution in [2.75, 3.05) is 51.5 Å². The Balaban J connectivity index is 1.34. The van der Waals surface area contributed by atoms with Crippen LogP contribution >= 0.6 is 11.8 Å². The Morgan fingerprint density at radius 1 is 0.941 bits per heavy atom. The summed E-state index contributed by atoms with van der Waals surface area (Å²) < 4.78 is 10.5. The summed E-state index contributed by atoms with van der Waals surface area (Å²) in [6.45, 7) is 2.19. The molecule has 0 unspecified atom stereocenters. The van der Waals surface area contributed by atoms with Crippen molar-refractivity contribution >= 4 is 35.2 Å². The molecule has 1 saturated carbocycles. The molecule has 0 radical (unpaired) electrons. The number of hydrogen-bond donors (Lipinski definition) is 1. The number of ether oxygens (including phenoxy) is 2. The van der Waals surface area contributed by atoms with Gasteiger partial charge in [-0.05, 0) is 37.1 Å². The summed E-state index contributed by atoms with van der Waals surface area (Å²) in [4.78, 5) is 42.4. The van der Waals surface area contributed by atoms with E-state index in [0.29, 0.717) is 48.9 Å². The minimum atomic E-state index is -0.188. The molecule has 0 spiro atoms. The van der Waals surface area contributed by atoms with Crippen LogP contribution in [0, 0.1) is 5.92 Å². The third kappa shape index (κ3) is 5.64. The number of rotatable bonds is 8. The van der Waals surface area contributed by atoms with Crippen LogP contribution in [0.2, 0.25) is 0 Å². The number of methoxy groups -OCH3 is 2. The van der Waals surface area contributed by atoms with E-state index in [1.807, 2.05) is 23.1 Å². The number of carbonyl (C=O) groups is 3. The molecule has 180 valence electrons. The zero-order valence-electron chi connectivity index (χ0n) is 19.4. The Morgan fingerprint density at radius 3 is 2.29 bits per heavy atom. The van der Waals surface area contributed by atoms with Crippen LogP contribution in [0.4, 0.5) is 5.69 Å². The summed E-state index contributed by atoms with van der Waals surface area (Å²) in [7, 11) is 3.09. The van der Waals surface area contributed by atoms with E-state index in [0.717, 1.165) is 17.7 Å². The number of amides is 3. The molecule has 2 aliphatic rings. The predicted molar refractivity (Wildman–Crippen MR) is 131 cm³/mol. The average molecular weight is 484 g/mol. The summed E-state index contributed by atoms with van der Waals surface area (Å²) in [5.41, 5.74) is 1.18. The Bertz CT molecular complexity index is 1060. The molecule has 1 heterocycles. The molecule has 8 nitrogen and oxygen atoms in total. The van der Waals surface area contributed by atoms with Gasteiger partial charge in [-0.3, -0.25) is 14.4 Å². The second-order valence-corrected chi connectivity index (χ2v) is 9.31. The highest BCUT2D eigenvalue weighted by atomic mass is 32.2. The molecule has 0 atom stereocenters. The van der Waals surface area contributed by atoms with Crippen molar-refractivity contribution in [2.45, 2.75) is 17.7 Å². The van der Waals surface area contributed by atoms with Gasteiger partial charge >= 0.3 is 0 Å². The normalized spacial score (nSPS) is 15.6. The van der Waals surface area contributed by atoms with Crippen molar-refractivity contribution < 1.29 is 23.9 Å². The van der Waals surface area contributed by atoms with Crippen molar-refractivity contribution in [3.8, 4) is 11.5 Å². The van der Waals surface area contributed by atoms with Crippen LogP contribution in [0.25, 0.3) is 0 Å². The Hall–Kier alpha value is -3.20. The van der Waals surface area contributed by atoms with Gasteiger partial charge in [-0.15, -0.1) is 11.8 Å². The van der Waals surface area contributed by atoms with Gasteiger partial charge in [-0.1, -0.05) is 12.1 Å². The third-order valence-corrected chi connectivity index (χ3v) is 7.02. The first-order valence-corrected chi connectivity index (χ1v) is 12.3. The first-order valence-electron chi connectivity index (χ1n) is 11.3. The molecule has 3 amide bonds. The van der Waals surface area contributed by atoms with Crippen molar-refractivity contribution in [3.63, 3.8) is 0 Å². The second kappa shape index (κ2) is 10.8. The molecule has 2 aromatic rings. The van der Waals surface area contributed by atoms with Gasteiger partial charge in [0.25, 0.3) is 5.91 Å². The van der Waals surface area contributed by atoms with E-state index >= 15 is 0 Å². The van der Waals surface area contributed by atoms with Crippen LogP contribution in [0.1, 0.15) is 23.2 Å². The van der Waals surface area contributed by atoms with Gasteiger partial charge in [0.05, 0.1) is 25.5 Å². The van der Waals surface area contributed by atoms with Crippen LogP contribution < -0.4 is 14.8 Å². The topological polar surface area (TPSA) is 88.2 Å². The fraction of sp³-hybridized carbons (Fsp3) is 0.400. The van der Waals surface area contributed by atoms with E-state index in [9.17, 15) is 14.4 Å². The molecule has 4 rings (SSSR count). The molecule has 2 fully saturated rings. The smallest absolute Gasteiger partial charge is 0.255 e. The number of anilines is 1. The first kappa shape index (κ1) is 23.9. The van der Waals surface area contributed by atoms with Crippen molar-refractivity contribution in [1.82, 2.24) is 9.80 Å². The molecule has 2 aromatic carbocycles. The maximum Gasteiger partial charge on any atom is 0.255 e. The van der Waals surface area contributed by atoms with Gasteiger partial charge in [0.2, 0.25) is 11.8 Å². The number of nitrogens with zero attached hydrogens (tertiary/aromatic N) is 2. The molecule has 1 saturated heterocycles. The minimum Gasteiger partial charge on any atom is -0.493 e. The summed E-state index contributed by atoms with van der Waals surface area (Å²) >= 11 is 1.32. The van der Waals surface area contributed by atoms with Crippen LogP contribution in [0.5, 0.6) is 11.5 Å². The van der Waals surface area contributed by atoms with E-state index in [2.05, 4.69) is 5.32 Å². The maximum absolute atomic E-state index is 13.2. The van der Waals surface area contributed by atoms with Crippen LogP contribution in [-0.2, 0) is 9.59 Å². The van der Waals surface area contributed by atoms with E-state index < -0.39 is 0 Å². The lowest BCUT2D eigenvalue weighted by atomic mass is 10.1. The Morgan fingerprint density at radius 2 is 1.62 bits per heavy atom. The highest BCUT2D eigenvalue weighted by molar-refractivity contribution is 8.00. The van der Waals surface area contributed by atoms with Gasteiger partial charge in [-0.25, -0.2) is 0 Å². The first-order chi connectivity index (χ1) is 16.5. The lowest BCUT2D eigenvalue weighted by Gasteiger charge is -2.35. The third-order valence-electron chi connectivity index (χ3n) is 5.95. The standard InChI is InChI=1S/C25H29N3O5S/c1-32-20-10-9-18(15-21(20)33-2)26-23(29)16-34-22-6-4-3-5-19(22)25(31)28-13-11-27(12-14-28)24(30)17-7-8-17/h3-6,9-10,15,17H,7-8,11-14,16H2,1-2H3,(H,26,29). The number of benzene rings is 2. The van der Waals surface area contributed by atoms with Crippen LogP contribution in [0.3, 0.4) is 0 Å². The van der Waals surface area contributed by atoms with Crippen molar-refractivity contribution in [2.24, 2.45) is 5.92 Å². The maximum atomic E-state index is 13.2. The summed E-state index contributed by atoms with van der Waals surface area (Å²) in [6, 6.07) is 12.5. The van der Waals surface area contributed by atoms with Gasteiger partial charge in [-0.2, -0.15) is 0 Å². The minimum absolute atomic E-state index is 0.0677. The average Bonchev–Trinajstić information content (AvgIpc) is 3.72. The summed E-state index contributed by atoms with van der Waals surface area (Å²) in [5, 5.41) is 2.85. The zero-order chi connectivity index (χ0) is 24.1. The predicted octanol–water partition coefficient (Wildman–Crippen LogP) is 3.13. The number of thioether (sulfide) groups is 1. The molecular formula is C25H29N3O5S. The lowest BCUT2D eigenvalue weighted by Crippen LogP contribution is -2.51. The highest BCUT2D eigenvalue weighted by Crippen LogP contribution is 2.32.